The highest BCUT2D eigenvalue weighted by Crippen LogP contribution is 2.57. The number of carbonyl (C=O) groups is 2. The van der Waals surface area contributed by atoms with E-state index in [1.54, 1.807) is 24.4 Å². The van der Waals surface area contributed by atoms with E-state index in [0.717, 1.165) is 50.9 Å². The molecule has 0 radical (unpaired) electrons. The lowest BCUT2D eigenvalue weighted by Crippen LogP contribution is -2.69. The van der Waals surface area contributed by atoms with Crippen LogP contribution in [0.5, 0.6) is 0 Å². The van der Waals surface area contributed by atoms with E-state index in [1.807, 2.05) is 23.1 Å². The summed E-state index contributed by atoms with van der Waals surface area (Å²) >= 11 is 0. The molecule has 3 heterocycles. The van der Waals surface area contributed by atoms with Crippen LogP contribution in [-0.2, 0) is 0 Å². The van der Waals surface area contributed by atoms with Crippen molar-refractivity contribution in [1.82, 2.24) is 20.6 Å². The summed E-state index contributed by atoms with van der Waals surface area (Å²) in [5.74, 6) is 1.43. The minimum absolute atomic E-state index is 0.133. The van der Waals surface area contributed by atoms with Crippen molar-refractivity contribution in [2.45, 2.75) is 62.1 Å². The highest BCUT2D eigenvalue weighted by Gasteiger charge is 2.58. The van der Waals surface area contributed by atoms with Crippen LogP contribution in [0.15, 0.2) is 42.6 Å². The van der Waals surface area contributed by atoms with Crippen LogP contribution in [0.2, 0.25) is 0 Å². The number of aliphatic hydroxyl groups is 1. The molecule has 4 bridgehead atoms. The average Bonchev–Trinajstić information content (AvgIpc) is 3.24. The molecule has 2 aromatic rings. The number of rotatable bonds is 5. The molecule has 7 rings (SSSR count). The smallest absolute Gasteiger partial charge is 0.270 e. The van der Waals surface area contributed by atoms with Crippen LogP contribution in [0.4, 0.5) is 5.82 Å². The van der Waals surface area contributed by atoms with E-state index in [-0.39, 0.29) is 29.0 Å². The third-order valence-electron chi connectivity index (χ3n) is 8.17. The van der Waals surface area contributed by atoms with Gasteiger partial charge in [-0.2, -0.15) is 0 Å². The molecule has 0 aromatic carbocycles. The lowest BCUT2D eigenvalue weighted by Gasteiger charge is -2.62. The Bertz CT molecular complexity index is 1090. The monoisotopic (exact) mass is 461 g/mol. The van der Waals surface area contributed by atoms with Crippen molar-refractivity contribution >= 4 is 17.6 Å². The van der Waals surface area contributed by atoms with Gasteiger partial charge in [0.2, 0.25) is 0 Å². The van der Waals surface area contributed by atoms with E-state index in [4.69, 9.17) is 0 Å². The molecule has 3 N–H and O–H groups in total. The first-order chi connectivity index (χ1) is 16.4. The van der Waals surface area contributed by atoms with Gasteiger partial charge in [0.25, 0.3) is 11.8 Å². The molecule has 8 heteroatoms. The average molecular weight is 462 g/mol. The molecule has 1 saturated heterocycles. The van der Waals surface area contributed by atoms with Gasteiger partial charge in [0.05, 0.1) is 6.10 Å². The fraction of sp³-hybridized carbons (Fsp3) is 0.538. The lowest BCUT2D eigenvalue weighted by atomic mass is 9.49. The fourth-order valence-electron chi connectivity index (χ4n) is 7.34. The summed E-state index contributed by atoms with van der Waals surface area (Å²) in [7, 11) is 0. The zero-order valence-electron chi connectivity index (χ0n) is 19.2. The fourth-order valence-corrected chi connectivity index (χ4v) is 7.34. The molecule has 3 atom stereocenters. The van der Waals surface area contributed by atoms with Gasteiger partial charge >= 0.3 is 0 Å². The minimum Gasteiger partial charge on any atom is -0.391 e. The molecule has 1 aliphatic heterocycles. The van der Waals surface area contributed by atoms with Crippen molar-refractivity contribution in [2.75, 3.05) is 18.0 Å². The summed E-state index contributed by atoms with van der Waals surface area (Å²) in [6.07, 6.45) is 7.76. The predicted octanol–water partition coefficient (Wildman–Crippen LogP) is 2.30. The first-order valence-electron chi connectivity index (χ1n) is 12.4. The normalized spacial score (nSPS) is 33.7. The molecule has 2 aromatic heterocycles. The number of aliphatic hydroxyl groups excluding tert-OH is 1. The number of hydrogen-bond acceptors (Lipinski definition) is 6. The third-order valence-corrected chi connectivity index (χ3v) is 8.17. The van der Waals surface area contributed by atoms with Crippen LogP contribution in [0.1, 0.15) is 65.9 Å². The summed E-state index contributed by atoms with van der Waals surface area (Å²) in [6, 6.07) is 10.9. The summed E-state index contributed by atoms with van der Waals surface area (Å²) < 4.78 is 0. The van der Waals surface area contributed by atoms with E-state index < -0.39 is 0 Å². The maximum absolute atomic E-state index is 13.4. The third kappa shape index (κ3) is 3.94. The number of nitrogens with zero attached hydrogens (tertiary/aromatic N) is 3. The highest BCUT2D eigenvalue weighted by atomic mass is 16.3. The number of anilines is 1. The maximum atomic E-state index is 13.4. The molecular weight excluding hydrogens is 430 g/mol. The first kappa shape index (κ1) is 21.5. The summed E-state index contributed by atoms with van der Waals surface area (Å²) in [6.45, 7) is 1.29. The predicted molar refractivity (Wildman–Crippen MR) is 126 cm³/mol. The number of nitrogens with one attached hydrogen (secondary N) is 2. The van der Waals surface area contributed by atoms with Crippen LogP contribution in [0.3, 0.4) is 0 Å². The Morgan fingerprint density at radius 2 is 1.62 bits per heavy atom. The SMILES string of the molecule is O=C(NC12CC3CC(C1)CC(NC(=O)c1cccc(N4CCC(O)C4)n1)(C3)C2)c1ccccn1. The van der Waals surface area contributed by atoms with E-state index in [9.17, 15) is 14.7 Å². The molecule has 5 aliphatic rings. The molecule has 178 valence electrons. The maximum Gasteiger partial charge on any atom is 0.270 e. The van der Waals surface area contributed by atoms with Crippen molar-refractivity contribution in [1.29, 1.82) is 0 Å². The quantitative estimate of drug-likeness (QED) is 0.631. The second-order valence-electron chi connectivity index (χ2n) is 10.9. The van der Waals surface area contributed by atoms with E-state index in [1.165, 1.54) is 6.42 Å². The van der Waals surface area contributed by atoms with Gasteiger partial charge in [-0.05, 0) is 81.0 Å². The van der Waals surface area contributed by atoms with Crippen LogP contribution in [-0.4, -0.2) is 57.2 Å². The zero-order chi connectivity index (χ0) is 23.3. The van der Waals surface area contributed by atoms with Gasteiger partial charge in [-0.25, -0.2) is 4.98 Å². The van der Waals surface area contributed by atoms with Gasteiger partial charge < -0.3 is 20.6 Å². The summed E-state index contributed by atoms with van der Waals surface area (Å²) in [5.41, 5.74) is 0.220. The van der Waals surface area contributed by atoms with Crippen molar-refractivity contribution in [2.24, 2.45) is 11.8 Å². The van der Waals surface area contributed by atoms with Crippen LogP contribution in [0.25, 0.3) is 0 Å². The van der Waals surface area contributed by atoms with Gasteiger partial charge in [-0.1, -0.05) is 12.1 Å². The van der Waals surface area contributed by atoms with Crippen LogP contribution >= 0.6 is 0 Å². The number of carbonyl (C=O) groups excluding carboxylic acids is 2. The number of amides is 2. The second-order valence-corrected chi connectivity index (χ2v) is 10.9. The van der Waals surface area contributed by atoms with Gasteiger partial charge in [0.15, 0.2) is 0 Å². The summed E-state index contributed by atoms with van der Waals surface area (Å²) in [5, 5.41) is 16.6. The molecular formula is C26H31N5O3. The van der Waals surface area contributed by atoms with Crippen LogP contribution < -0.4 is 15.5 Å². The topological polar surface area (TPSA) is 107 Å². The molecule has 4 aliphatic carbocycles. The van der Waals surface area contributed by atoms with Crippen molar-refractivity contribution in [3.8, 4) is 0 Å². The first-order valence-corrected chi connectivity index (χ1v) is 12.4. The second kappa shape index (κ2) is 8.05. The Morgan fingerprint density at radius 1 is 0.941 bits per heavy atom. The van der Waals surface area contributed by atoms with Crippen molar-refractivity contribution < 1.29 is 14.7 Å². The van der Waals surface area contributed by atoms with Gasteiger partial charge in [-0.3, -0.25) is 14.6 Å². The molecule has 3 unspecified atom stereocenters. The summed E-state index contributed by atoms with van der Waals surface area (Å²) in [4.78, 5) is 37.2. The Hall–Kier alpha value is -3.00. The number of pyridine rings is 2. The Morgan fingerprint density at radius 3 is 2.24 bits per heavy atom. The van der Waals surface area contributed by atoms with Crippen molar-refractivity contribution in [3.63, 3.8) is 0 Å². The van der Waals surface area contributed by atoms with Gasteiger partial charge in [0.1, 0.15) is 17.2 Å². The molecule has 8 nitrogen and oxygen atoms in total. The Kier molecular flexibility index (Phi) is 5.09. The number of β-amino-alcohol motifs (C(OH)–C–C–N with tert-alkyl or cyclic N) is 1. The van der Waals surface area contributed by atoms with E-state index >= 15 is 0 Å². The molecule has 0 spiro atoms. The van der Waals surface area contributed by atoms with Crippen LogP contribution in [0, 0.1) is 11.8 Å². The molecule has 34 heavy (non-hydrogen) atoms. The lowest BCUT2D eigenvalue weighted by molar-refractivity contribution is -0.0449. The van der Waals surface area contributed by atoms with E-state index in [0.29, 0.717) is 29.8 Å². The number of hydrogen-bond donors (Lipinski definition) is 3. The Balaban J connectivity index is 1.20. The van der Waals surface area contributed by atoms with Gasteiger partial charge in [-0.15, -0.1) is 0 Å². The van der Waals surface area contributed by atoms with Gasteiger partial charge in [0, 0.05) is 30.4 Å². The Labute approximate surface area is 199 Å². The number of aromatic nitrogens is 2. The largest absolute Gasteiger partial charge is 0.391 e. The van der Waals surface area contributed by atoms with E-state index in [2.05, 4.69) is 20.6 Å². The standard InChI is InChI=1S/C26H31N5O3/c32-19-7-9-31(15-19)22-6-3-5-21(28-22)24(34)30-26-13-17-10-18(14-26)12-25(11-17,16-26)29-23(33)20-4-1-2-8-27-20/h1-6,8,17-19,32H,7,9-16H2,(H,29,33)(H,30,34). The molecule has 4 saturated carbocycles. The highest BCUT2D eigenvalue weighted by molar-refractivity contribution is 5.94. The zero-order valence-corrected chi connectivity index (χ0v) is 19.2. The van der Waals surface area contributed by atoms with Crippen molar-refractivity contribution in [3.05, 3.63) is 54.0 Å². The molecule has 2 amide bonds. The molecule has 5 fully saturated rings. The minimum atomic E-state index is -0.344.